The number of ether oxygens (including phenoxy) is 2. The lowest BCUT2D eigenvalue weighted by atomic mass is 9.80. The van der Waals surface area contributed by atoms with Crippen LogP contribution in [0.4, 0.5) is 0 Å². The van der Waals surface area contributed by atoms with E-state index in [0.717, 1.165) is 45.0 Å². The Labute approximate surface area is 113 Å². The molecule has 2 rings (SSSR count). The third-order valence-corrected chi connectivity index (χ3v) is 3.17. The number of hydrogen-bond acceptors (Lipinski definition) is 5. The smallest absolute Gasteiger partial charge is 0.488 e. The van der Waals surface area contributed by atoms with Gasteiger partial charge in [0.2, 0.25) is 0 Å². The van der Waals surface area contributed by atoms with Crippen molar-refractivity contribution in [3.05, 3.63) is 24.3 Å². The summed E-state index contributed by atoms with van der Waals surface area (Å²) in [5.74, 6) is 0.746. The zero-order chi connectivity index (χ0) is 13.5. The van der Waals surface area contributed by atoms with E-state index in [0.29, 0.717) is 12.1 Å². The largest absolute Gasteiger partial charge is 0.492 e. The highest BCUT2D eigenvalue weighted by atomic mass is 16.5. The van der Waals surface area contributed by atoms with Crippen LogP contribution >= 0.6 is 0 Å². The fraction of sp³-hybridized carbons (Fsp3) is 0.538. The third-order valence-electron chi connectivity index (χ3n) is 3.17. The molecule has 1 aromatic rings. The molecule has 0 aromatic heterocycles. The fourth-order valence-corrected chi connectivity index (χ4v) is 2.05. The summed E-state index contributed by atoms with van der Waals surface area (Å²) in [6.45, 7) is 5.16. The molecule has 5 nitrogen and oxygen atoms in total. The summed E-state index contributed by atoms with van der Waals surface area (Å²) in [5.41, 5.74) is 0.469. The lowest BCUT2D eigenvalue weighted by molar-refractivity contribution is 0.137. The molecule has 104 valence electrons. The van der Waals surface area contributed by atoms with Gasteiger partial charge in [-0.2, -0.15) is 0 Å². The van der Waals surface area contributed by atoms with Crippen molar-refractivity contribution >= 4 is 12.6 Å². The van der Waals surface area contributed by atoms with Gasteiger partial charge in [-0.15, -0.1) is 0 Å². The molecular formula is C13H20BNO4. The molecule has 19 heavy (non-hydrogen) atoms. The maximum atomic E-state index is 8.98. The van der Waals surface area contributed by atoms with Crippen LogP contribution in [0, 0.1) is 0 Å². The molecule has 6 heteroatoms. The minimum Gasteiger partial charge on any atom is -0.492 e. The molecule has 0 aliphatic carbocycles. The maximum absolute atomic E-state index is 8.98. The van der Waals surface area contributed by atoms with Crippen molar-refractivity contribution in [2.24, 2.45) is 0 Å². The van der Waals surface area contributed by atoms with Gasteiger partial charge in [-0.1, -0.05) is 12.1 Å². The van der Waals surface area contributed by atoms with Crippen molar-refractivity contribution in [1.29, 1.82) is 0 Å². The van der Waals surface area contributed by atoms with E-state index in [1.165, 1.54) is 0 Å². The Hall–Kier alpha value is -1.08. The van der Waals surface area contributed by atoms with Gasteiger partial charge < -0.3 is 19.5 Å². The highest BCUT2D eigenvalue weighted by Gasteiger charge is 2.11. The van der Waals surface area contributed by atoms with Crippen molar-refractivity contribution in [2.45, 2.75) is 6.42 Å². The molecule has 2 N–H and O–H groups in total. The number of hydrogen-bond donors (Lipinski definition) is 2. The normalized spacial score (nSPS) is 16.9. The lowest BCUT2D eigenvalue weighted by Gasteiger charge is -2.19. The van der Waals surface area contributed by atoms with Crippen LogP contribution in [-0.2, 0) is 4.74 Å². The van der Waals surface area contributed by atoms with Gasteiger partial charge in [-0.3, -0.25) is 4.90 Å². The average molecular weight is 265 g/mol. The first-order valence-electron chi connectivity index (χ1n) is 6.65. The van der Waals surface area contributed by atoms with Crippen LogP contribution < -0.4 is 10.2 Å². The van der Waals surface area contributed by atoms with E-state index in [2.05, 4.69) is 4.90 Å². The average Bonchev–Trinajstić information content (AvgIpc) is 2.68. The molecule has 1 heterocycles. The Morgan fingerprint density at radius 2 is 1.95 bits per heavy atom. The second-order valence-corrected chi connectivity index (χ2v) is 4.60. The summed E-state index contributed by atoms with van der Waals surface area (Å²) >= 11 is 0. The van der Waals surface area contributed by atoms with Gasteiger partial charge in [0.15, 0.2) is 0 Å². The molecule has 0 saturated carbocycles. The van der Waals surface area contributed by atoms with E-state index in [4.69, 9.17) is 19.5 Å². The first-order valence-corrected chi connectivity index (χ1v) is 6.65. The molecule has 0 amide bonds. The first-order chi connectivity index (χ1) is 9.25. The van der Waals surface area contributed by atoms with Crippen LogP contribution in [0.2, 0.25) is 0 Å². The molecule has 0 radical (unpaired) electrons. The molecule has 1 aromatic carbocycles. The summed E-state index contributed by atoms with van der Waals surface area (Å²) < 4.78 is 11.0. The lowest BCUT2D eigenvalue weighted by Crippen LogP contribution is -2.31. The summed E-state index contributed by atoms with van der Waals surface area (Å²) in [6.07, 6.45) is 1.07. The molecule has 1 saturated heterocycles. The van der Waals surface area contributed by atoms with Gasteiger partial charge in [0.05, 0.1) is 6.61 Å². The highest BCUT2D eigenvalue weighted by Crippen LogP contribution is 2.08. The molecule has 0 bridgehead atoms. The Morgan fingerprint density at radius 3 is 2.68 bits per heavy atom. The maximum Gasteiger partial charge on any atom is 0.488 e. The Bertz CT molecular complexity index is 363. The van der Waals surface area contributed by atoms with Crippen LogP contribution in [0.15, 0.2) is 24.3 Å². The van der Waals surface area contributed by atoms with Gasteiger partial charge in [-0.25, -0.2) is 0 Å². The number of rotatable bonds is 5. The number of nitrogens with zero attached hydrogens (tertiary/aromatic N) is 1. The Balaban J connectivity index is 1.72. The second-order valence-electron chi connectivity index (χ2n) is 4.60. The van der Waals surface area contributed by atoms with E-state index in [1.807, 2.05) is 0 Å². The number of benzene rings is 1. The van der Waals surface area contributed by atoms with E-state index in [-0.39, 0.29) is 0 Å². The molecule has 0 spiro atoms. The quantitative estimate of drug-likeness (QED) is 0.701. The van der Waals surface area contributed by atoms with Crippen LogP contribution in [0.1, 0.15) is 6.42 Å². The van der Waals surface area contributed by atoms with Crippen LogP contribution in [0.25, 0.3) is 0 Å². The minimum atomic E-state index is -1.42. The van der Waals surface area contributed by atoms with Crippen molar-refractivity contribution in [3.63, 3.8) is 0 Å². The predicted octanol–water partition coefficient (Wildman–Crippen LogP) is -0.532. The van der Waals surface area contributed by atoms with Crippen LogP contribution in [0.3, 0.4) is 0 Å². The summed E-state index contributed by atoms with van der Waals surface area (Å²) in [7, 11) is -1.42. The standard InChI is InChI=1S/C13H20BNO4/c16-14(17)12-2-4-13(5-3-12)19-11-8-15-6-1-9-18-10-7-15/h2-5,16-17H,1,6-11H2. The molecule has 1 fully saturated rings. The molecule has 0 unspecified atom stereocenters. The summed E-state index contributed by atoms with van der Waals surface area (Å²) in [4.78, 5) is 2.33. The third kappa shape index (κ3) is 4.83. The van der Waals surface area contributed by atoms with Crippen molar-refractivity contribution in [2.75, 3.05) is 39.5 Å². The second kappa shape index (κ2) is 7.50. The molecular weight excluding hydrogens is 245 g/mol. The fourth-order valence-electron chi connectivity index (χ4n) is 2.05. The van der Waals surface area contributed by atoms with E-state index < -0.39 is 7.12 Å². The first kappa shape index (κ1) is 14.3. The van der Waals surface area contributed by atoms with Crippen molar-refractivity contribution < 1.29 is 19.5 Å². The van der Waals surface area contributed by atoms with Gasteiger partial charge in [-0.05, 0) is 24.0 Å². The van der Waals surface area contributed by atoms with Crippen molar-refractivity contribution in [1.82, 2.24) is 4.90 Å². The van der Waals surface area contributed by atoms with Gasteiger partial charge in [0.25, 0.3) is 0 Å². The van der Waals surface area contributed by atoms with Crippen molar-refractivity contribution in [3.8, 4) is 5.75 Å². The Morgan fingerprint density at radius 1 is 1.16 bits per heavy atom. The highest BCUT2D eigenvalue weighted by molar-refractivity contribution is 6.58. The van der Waals surface area contributed by atoms with E-state index in [1.54, 1.807) is 24.3 Å². The van der Waals surface area contributed by atoms with Gasteiger partial charge in [0, 0.05) is 26.2 Å². The van der Waals surface area contributed by atoms with Gasteiger partial charge in [0.1, 0.15) is 12.4 Å². The zero-order valence-corrected chi connectivity index (χ0v) is 11.0. The van der Waals surface area contributed by atoms with Crippen LogP contribution in [-0.4, -0.2) is 61.5 Å². The molecule has 1 aliphatic rings. The van der Waals surface area contributed by atoms with E-state index in [9.17, 15) is 0 Å². The topological polar surface area (TPSA) is 62.2 Å². The molecule has 0 atom stereocenters. The van der Waals surface area contributed by atoms with E-state index >= 15 is 0 Å². The molecule has 1 aliphatic heterocycles. The summed E-state index contributed by atoms with van der Waals surface area (Å²) in [6, 6.07) is 6.81. The predicted molar refractivity (Wildman–Crippen MR) is 73.6 cm³/mol. The summed E-state index contributed by atoms with van der Waals surface area (Å²) in [5, 5.41) is 18.0. The van der Waals surface area contributed by atoms with Crippen LogP contribution in [0.5, 0.6) is 5.75 Å². The zero-order valence-electron chi connectivity index (χ0n) is 11.0. The monoisotopic (exact) mass is 265 g/mol. The minimum absolute atomic E-state index is 0.469. The van der Waals surface area contributed by atoms with Gasteiger partial charge >= 0.3 is 7.12 Å². The SMILES string of the molecule is OB(O)c1ccc(OCCN2CCCOCC2)cc1. The Kier molecular flexibility index (Phi) is 5.66.